The summed E-state index contributed by atoms with van der Waals surface area (Å²) >= 11 is 0. The van der Waals surface area contributed by atoms with Gasteiger partial charge >= 0.3 is 0 Å². The molecule has 0 spiro atoms. The Hall–Kier alpha value is -7.94. The van der Waals surface area contributed by atoms with Gasteiger partial charge in [-0.1, -0.05) is 170 Å². The third-order valence-electron chi connectivity index (χ3n) is 11.8. The maximum absolute atomic E-state index is 2.37. The van der Waals surface area contributed by atoms with Crippen LogP contribution in [0.2, 0.25) is 0 Å². The molecule has 0 atom stereocenters. The van der Waals surface area contributed by atoms with Crippen LogP contribution in [0.1, 0.15) is 0 Å². The molecule has 10 aromatic carbocycles. The van der Waals surface area contributed by atoms with Crippen LogP contribution in [0.4, 0.5) is 17.1 Å². The predicted octanol–water partition coefficient (Wildman–Crippen LogP) is 16.1. The highest BCUT2D eigenvalue weighted by Gasteiger charge is 2.16. The largest absolute Gasteiger partial charge is 0.311 e. The maximum atomic E-state index is 2.37. The number of aromatic nitrogens is 1. The van der Waals surface area contributed by atoms with Crippen LogP contribution in [0, 0.1) is 0 Å². The monoisotopic (exact) mass is 764 g/mol. The molecular weight excluding hydrogens is 725 g/mol. The lowest BCUT2D eigenvalue weighted by Crippen LogP contribution is -2.10. The second kappa shape index (κ2) is 15.1. The molecule has 0 radical (unpaired) electrons. The Morgan fingerprint density at radius 3 is 1.02 bits per heavy atom. The van der Waals surface area contributed by atoms with Gasteiger partial charge in [0.15, 0.2) is 0 Å². The van der Waals surface area contributed by atoms with Crippen LogP contribution < -0.4 is 4.90 Å². The number of anilines is 3. The average Bonchev–Trinajstić information content (AvgIpc) is 3.67. The van der Waals surface area contributed by atoms with E-state index in [1.807, 2.05) is 0 Å². The van der Waals surface area contributed by atoms with Crippen LogP contribution in [0.15, 0.2) is 243 Å². The van der Waals surface area contributed by atoms with Crippen molar-refractivity contribution >= 4 is 49.6 Å². The van der Waals surface area contributed by atoms with Gasteiger partial charge in [-0.3, -0.25) is 0 Å². The van der Waals surface area contributed by atoms with Crippen LogP contribution in [0.3, 0.4) is 0 Å². The summed E-state index contributed by atoms with van der Waals surface area (Å²) in [5.74, 6) is 0. The molecule has 0 aliphatic heterocycles. The molecule has 1 aromatic heterocycles. The van der Waals surface area contributed by atoms with E-state index in [0.29, 0.717) is 0 Å². The third kappa shape index (κ3) is 6.51. The summed E-state index contributed by atoms with van der Waals surface area (Å²) in [6.45, 7) is 0. The minimum Gasteiger partial charge on any atom is -0.311 e. The lowest BCUT2D eigenvalue weighted by Gasteiger charge is -2.26. The van der Waals surface area contributed by atoms with Crippen molar-refractivity contribution in [2.24, 2.45) is 0 Å². The van der Waals surface area contributed by atoms with Crippen LogP contribution in [0.5, 0.6) is 0 Å². The Labute approximate surface area is 350 Å². The molecule has 60 heavy (non-hydrogen) atoms. The molecule has 282 valence electrons. The maximum Gasteiger partial charge on any atom is 0.0541 e. The van der Waals surface area contributed by atoms with Gasteiger partial charge in [0.05, 0.1) is 11.0 Å². The summed E-state index contributed by atoms with van der Waals surface area (Å²) < 4.78 is 2.37. The quantitative estimate of drug-likeness (QED) is 0.150. The highest BCUT2D eigenvalue weighted by atomic mass is 15.1. The van der Waals surface area contributed by atoms with Crippen LogP contribution in [-0.2, 0) is 0 Å². The number of rotatable bonds is 8. The van der Waals surface area contributed by atoms with Crippen molar-refractivity contribution in [3.63, 3.8) is 0 Å². The summed E-state index contributed by atoms with van der Waals surface area (Å²) in [6, 6.07) is 87.8. The molecule has 0 saturated heterocycles. The molecule has 0 aliphatic rings. The molecule has 0 bridgehead atoms. The van der Waals surface area contributed by atoms with E-state index < -0.39 is 0 Å². The SMILES string of the molecule is c1ccc(-c2ccc(-c3ccc(N(c4ccc(-c5ccc6cc(-c7ccccc7)ccc6c5)cc4)c4ccc(-n5c6ccccc6c6ccccc65)cc4)cc3)cc2)cc1. The van der Waals surface area contributed by atoms with Crippen molar-refractivity contribution in [3.8, 4) is 50.2 Å². The zero-order chi connectivity index (χ0) is 39.8. The fraction of sp³-hybridized carbons (Fsp3) is 0. The van der Waals surface area contributed by atoms with Crippen molar-refractivity contribution in [2.75, 3.05) is 4.90 Å². The summed E-state index contributed by atoms with van der Waals surface area (Å²) in [4.78, 5) is 2.35. The van der Waals surface area contributed by atoms with Crippen molar-refractivity contribution in [3.05, 3.63) is 243 Å². The second-order valence-electron chi connectivity index (χ2n) is 15.4. The molecule has 0 N–H and O–H groups in total. The number of hydrogen-bond acceptors (Lipinski definition) is 1. The highest BCUT2D eigenvalue weighted by molar-refractivity contribution is 6.09. The summed E-state index contributed by atoms with van der Waals surface area (Å²) in [6.07, 6.45) is 0. The molecular formula is C58H40N2. The molecule has 2 nitrogen and oxygen atoms in total. The summed E-state index contributed by atoms with van der Waals surface area (Å²) in [5.41, 5.74) is 16.5. The highest BCUT2D eigenvalue weighted by Crippen LogP contribution is 2.39. The number of nitrogens with zero attached hydrogens (tertiary/aromatic N) is 2. The van der Waals surface area contributed by atoms with E-state index in [1.165, 1.54) is 77.1 Å². The van der Waals surface area contributed by atoms with Gasteiger partial charge in [-0.25, -0.2) is 0 Å². The number of fused-ring (bicyclic) bond motifs is 4. The van der Waals surface area contributed by atoms with Gasteiger partial charge in [0.1, 0.15) is 0 Å². The minimum absolute atomic E-state index is 1.09. The van der Waals surface area contributed by atoms with Gasteiger partial charge in [0.25, 0.3) is 0 Å². The molecule has 0 saturated carbocycles. The summed E-state index contributed by atoms with van der Waals surface area (Å²) in [7, 11) is 0. The van der Waals surface area contributed by atoms with Crippen LogP contribution in [-0.4, -0.2) is 4.57 Å². The van der Waals surface area contributed by atoms with Crippen molar-refractivity contribution in [2.45, 2.75) is 0 Å². The van der Waals surface area contributed by atoms with E-state index in [0.717, 1.165) is 22.7 Å². The lowest BCUT2D eigenvalue weighted by atomic mass is 9.97. The molecule has 11 rings (SSSR count). The lowest BCUT2D eigenvalue weighted by molar-refractivity contribution is 1.17. The molecule has 11 aromatic rings. The normalized spacial score (nSPS) is 11.3. The number of benzene rings is 10. The molecule has 2 heteroatoms. The van der Waals surface area contributed by atoms with E-state index in [-0.39, 0.29) is 0 Å². The standard InChI is InChI=1S/C58H40N2/c1-3-11-41(12-4-1)43-19-21-44(22-20-43)45-27-31-51(32-28-45)59(53-35-37-54(38-36-53)60-57-17-9-7-15-55(57)56-16-8-10-18-58(56)60)52-33-29-46(30-34-52)48-24-26-49-39-47(23-25-50(49)40-48)42-13-5-2-6-14-42/h1-40H. The van der Waals surface area contributed by atoms with Gasteiger partial charge in [-0.05, 0) is 128 Å². The first-order valence-corrected chi connectivity index (χ1v) is 20.6. The Morgan fingerprint density at radius 1 is 0.250 bits per heavy atom. The van der Waals surface area contributed by atoms with E-state index >= 15 is 0 Å². The first-order chi connectivity index (χ1) is 29.7. The third-order valence-corrected chi connectivity index (χ3v) is 11.8. The van der Waals surface area contributed by atoms with Gasteiger partial charge in [-0.2, -0.15) is 0 Å². The number of hydrogen-bond donors (Lipinski definition) is 0. The predicted molar refractivity (Wildman–Crippen MR) is 255 cm³/mol. The van der Waals surface area contributed by atoms with Gasteiger partial charge < -0.3 is 9.47 Å². The van der Waals surface area contributed by atoms with E-state index in [4.69, 9.17) is 0 Å². The Kier molecular flexibility index (Phi) is 8.87. The van der Waals surface area contributed by atoms with Crippen LogP contribution in [0.25, 0.3) is 82.8 Å². The average molecular weight is 765 g/mol. The van der Waals surface area contributed by atoms with Gasteiger partial charge in [-0.15, -0.1) is 0 Å². The Bertz CT molecular complexity index is 3200. The first kappa shape index (κ1) is 35.2. The molecule has 0 fully saturated rings. The van der Waals surface area contributed by atoms with Gasteiger partial charge in [0, 0.05) is 33.5 Å². The fourth-order valence-corrected chi connectivity index (χ4v) is 8.73. The topological polar surface area (TPSA) is 8.17 Å². The zero-order valence-electron chi connectivity index (χ0n) is 33.0. The van der Waals surface area contributed by atoms with E-state index in [1.54, 1.807) is 0 Å². The molecule has 0 unspecified atom stereocenters. The van der Waals surface area contributed by atoms with Crippen molar-refractivity contribution in [1.82, 2.24) is 4.57 Å². The molecule has 1 heterocycles. The fourth-order valence-electron chi connectivity index (χ4n) is 8.73. The van der Waals surface area contributed by atoms with Crippen molar-refractivity contribution < 1.29 is 0 Å². The van der Waals surface area contributed by atoms with Gasteiger partial charge in [0.2, 0.25) is 0 Å². The van der Waals surface area contributed by atoms with Crippen molar-refractivity contribution in [1.29, 1.82) is 0 Å². The summed E-state index contributed by atoms with van der Waals surface area (Å²) in [5, 5.41) is 4.99. The van der Waals surface area contributed by atoms with E-state index in [2.05, 4.69) is 252 Å². The second-order valence-corrected chi connectivity index (χ2v) is 15.4. The Balaban J connectivity index is 0.946. The molecule has 0 amide bonds. The first-order valence-electron chi connectivity index (χ1n) is 20.6. The van der Waals surface area contributed by atoms with E-state index in [9.17, 15) is 0 Å². The zero-order valence-corrected chi connectivity index (χ0v) is 33.0. The minimum atomic E-state index is 1.09. The smallest absolute Gasteiger partial charge is 0.0541 e. The number of para-hydroxylation sites is 2. The van der Waals surface area contributed by atoms with Crippen LogP contribution >= 0.6 is 0 Å². The molecule has 0 aliphatic carbocycles. The Morgan fingerprint density at radius 2 is 0.567 bits per heavy atom.